The predicted molar refractivity (Wildman–Crippen MR) is 68.2 cm³/mol. The van der Waals surface area contributed by atoms with E-state index in [1.807, 2.05) is 0 Å². The Kier molecular flexibility index (Phi) is 3.89. The Morgan fingerprint density at radius 3 is 2.56 bits per heavy atom. The third-order valence-corrected chi connectivity index (χ3v) is 6.50. The average Bonchev–Trinajstić information content (AvgIpc) is 2.14. The molecular weight excluding hydrogens is 318 g/mol. The van der Waals surface area contributed by atoms with E-state index >= 15 is 0 Å². The summed E-state index contributed by atoms with van der Waals surface area (Å²) in [6, 6.07) is 6.25. The smallest absolute Gasteiger partial charge is 0.228 e. The van der Waals surface area contributed by atoms with Gasteiger partial charge in [0.2, 0.25) is 3.12 Å². The Balaban J connectivity index is 3.17. The summed E-state index contributed by atoms with van der Waals surface area (Å²) in [5.74, 6) is 0. The van der Waals surface area contributed by atoms with Crippen molar-refractivity contribution in [1.29, 1.82) is 0 Å². The molecule has 3 N–H and O–H groups in total. The minimum absolute atomic E-state index is 0.331. The SMILES string of the molecule is CS(=O)(=O)[C@](Cl)(Br)[C@@H](O)c1cccc(N)c1. The molecule has 0 heterocycles. The minimum Gasteiger partial charge on any atom is -0.399 e. The summed E-state index contributed by atoms with van der Waals surface area (Å²) in [6.45, 7) is 0. The van der Waals surface area contributed by atoms with Gasteiger partial charge in [-0.1, -0.05) is 23.7 Å². The van der Waals surface area contributed by atoms with Crippen LogP contribution < -0.4 is 5.73 Å². The number of alkyl halides is 2. The molecule has 0 saturated carbocycles. The number of hydrogen-bond acceptors (Lipinski definition) is 4. The van der Waals surface area contributed by atoms with Gasteiger partial charge in [0.15, 0.2) is 9.84 Å². The Bertz CT molecular complexity index is 489. The van der Waals surface area contributed by atoms with E-state index in [2.05, 4.69) is 15.9 Å². The monoisotopic (exact) mass is 327 g/mol. The lowest BCUT2D eigenvalue weighted by molar-refractivity contribution is 0.185. The van der Waals surface area contributed by atoms with Gasteiger partial charge in [-0.2, -0.15) is 0 Å². The zero-order chi connectivity index (χ0) is 12.6. The zero-order valence-electron chi connectivity index (χ0n) is 8.39. The number of rotatable bonds is 3. The lowest BCUT2D eigenvalue weighted by Gasteiger charge is -2.24. The molecular formula is C9H11BrClNO3S. The van der Waals surface area contributed by atoms with Crippen molar-refractivity contribution in [2.75, 3.05) is 12.0 Å². The summed E-state index contributed by atoms with van der Waals surface area (Å²) in [5, 5.41) is 9.89. The van der Waals surface area contributed by atoms with Crippen molar-refractivity contribution in [2.24, 2.45) is 0 Å². The van der Waals surface area contributed by atoms with E-state index in [1.165, 1.54) is 6.07 Å². The second kappa shape index (κ2) is 4.52. The van der Waals surface area contributed by atoms with E-state index in [9.17, 15) is 13.5 Å². The zero-order valence-corrected chi connectivity index (χ0v) is 11.6. The van der Waals surface area contributed by atoms with Gasteiger partial charge in [0.1, 0.15) is 6.10 Å². The van der Waals surface area contributed by atoms with Crippen molar-refractivity contribution in [3.63, 3.8) is 0 Å². The quantitative estimate of drug-likeness (QED) is 0.653. The molecule has 0 unspecified atom stereocenters. The third-order valence-electron chi connectivity index (χ3n) is 2.04. The first-order valence-corrected chi connectivity index (χ1v) is 7.33. The number of nitrogens with two attached hydrogens (primary N) is 1. The van der Waals surface area contributed by atoms with Crippen LogP contribution in [-0.4, -0.2) is 22.9 Å². The van der Waals surface area contributed by atoms with Gasteiger partial charge in [0.05, 0.1) is 0 Å². The van der Waals surface area contributed by atoms with Gasteiger partial charge in [-0.3, -0.25) is 0 Å². The maximum absolute atomic E-state index is 11.4. The molecule has 2 atom stereocenters. The fourth-order valence-electron chi connectivity index (χ4n) is 1.13. The first kappa shape index (κ1) is 13.8. The molecule has 90 valence electrons. The first-order valence-electron chi connectivity index (χ1n) is 4.27. The van der Waals surface area contributed by atoms with Crippen molar-refractivity contribution in [3.05, 3.63) is 29.8 Å². The number of halogens is 2. The molecule has 0 aromatic heterocycles. The minimum atomic E-state index is -3.67. The highest BCUT2D eigenvalue weighted by Gasteiger charge is 2.44. The summed E-state index contributed by atoms with van der Waals surface area (Å²) in [6.07, 6.45) is -0.475. The predicted octanol–water partition coefficient (Wildman–Crippen LogP) is 1.63. The van der Waals surface area contributed by atoms with Crippen LogP contribution >= 0.6 is 27.5 Å². The fraction of sp³-hybridized carbons (Fsp3) is 0.333. The van der Waals surface area contributed by atoms with Gasteiger partial charge in [-0.05, 0) is 33.6 Å². The Morgan fingerprint density at radius 2 is 2.12 bits per heavy atom. The summed E-state index contributed by atoms with van der Waals surface area (Å²) in [7, 11) is -3.67. The van der Waals surface area contributed by atoms with Crippen LogP contribution in [0.1, 0.15) is 11.7 Å². The lowest BCUT2D eigenvalue weighted by atomic mass is 10.1. The summed E-state index contributed by atoms with van der Waals surface area (Å²) in [4.78, 5) is 0. The van der Waals surface area contributed by atoms with E-state index in [0.717, 1.165) is 6.26 Å². The highest BCUT2D eigenvalue weighted by Crippen LogP contribution is 2.42. The number of nitrogen functional groups attached to an aromatic ring is 1. The highest BCUT2D eigenvalue weighted by atomic mass is 79.9. The van der Waals surface area contributed by atoms with Gasteiger partial charge in [0.25, 0.3) is 0 Å². The standard InChI is InChI=1S/C9H11BrClNO3S/c1-16(14,15)9(10,11)8(13)6-3-2-4-7(12)5-6/h2-5,8,13H,12H2,1H3/t8-,9-/m0/s1. The van der Waals surface area contributed by atoms with E-state index in [0.29, 0.717) is 11.3 Å². The van der Waals surface area contributed by atoms with Crippen LogP contribution in [0.4, 0.5) is 5.69 Å². The number of benzene rings is 1. The average molecular weight is 329 g/mol. The van der Waals surface area contributed by atoms with Crippen molar-refractivity contribution in [2.45, 2.75) is 9.22 Å². The van der Waals surface area contributed by atoms with Gasteiger partial charge in [-0.15, -0.1) is 0 Å². The van der Waals surface area contributed by atoms with E-state index in [1.54, 1.807) is 18.2 Å². The number of anilines is 1. The van der Waals surface area contributed by atoms with Crippen LogP contribution in [0.3, 0.4) is 0 Å². The molecule has 0 spiro atoms. The molecule has 0 aliphatic rings. The van der Waals surface area contributed by atoms with Crippen LogP contribution in [0.25, 0.3) is 0 Å². The lowest BCUT2D eigenvalue weighted by Crippen LogP contribution is -2.32. The Hall–Kier alpha value is -0.300. The molecule has 0 radical (unpaired) electrons. The molecule has 7 heteroatoms. The van der Waals surface area contributed by atoms with Crippen LogP contribution in [0.2, 0.25) is 0 Å². The molecule has 0 fully saturated rings. The molecule has 0 amide bonds. The van der Waals surface area contributed by atoms with Crippen LogP contribution in [0, 0.1) is 0 Å². The molecule has 16 heavy (non-hydrogen) atoms. The Labute approximate surface area is 107 Å². The van der Waals surface area contributed by atoms with Gasteiger partial charge in [0, 0.05) is 11.9 Å². The van der Waals surface area contributed by atoms with Crippen LogP contribution in [0.5, 0.6) is 0 Å². The maximum atomic E-state index is 11.4. The number of aliphatic hydroxyl groups excluding tert-OH is 1. The van der Waals surface area contributed by atoms with E-state index in [-0.39, 0.29) is 0 Å². The van der Waals surface area contributed by atoms with Crippen molar-refractivity contribution in [3.8, 4) is 0 Å². The van der Waals surface area contributed by atoms with Crippen molar-refractivity contribution >= 4 is 43.1 Å². The molecule has 1 aromatic rings. The second-order valence-electron chi connectivity index (χ2n) is 3.41. The summed E-state index contributed by atoms with van der Waals surface area (Å²) >= 11 is 8.60. The number of sulfone groups is 1. The number of aliphatic hydroxyl groups is 1. The summed E-state index contributed by atoms with van der Waals surface area (Å²) < 4.78 is 20.8. The largest absolute Gasteiger partial charge is 0.399 e. The maximum Gasteiger partial charge on any atom is 0.228 e. The molecule has 0 saturated heterocycles. The molecule has 4 nitrogen and oxygen atoms in total. The summed E-state index contributed by atoms with van der Waals surface area (Å²) in [5.41, 5.74) is 6.28. The van der Waals surface area contributed by atoms with Crippen molar-refractivity contribution in [1.82, 2.24) is 0 Å². The Morgan fingerprint density at radius 1 is 1.56 bits per heavy atom. The van der Waals surface area contributed by atoms with Crippen LogP contribution in [-0.2, 0) is 9.84 Å². The fourth-order valence-corrected chi connectivity index (χ4v) is 2.06. The van der Waals surface area contributed by atoms with Gasteiger partial charge < -0.3 is 10.8 Å². The number of hydrogen-bond donors (Lipinski definition) is 2. The molecule has 0 aliphatic heterocycles. The topological polar surface area (TPSA) is 80.4 Å². The molecule has 0 bridgehead atoms. The van der Waals surface area contributed by atoms with E-state index in [4.69, 9.17) is 17.3 Å². The normalized spacial score (nSPS) is 17.8. The molecule has 1 rings (SSSR count). The highest BCUT2D eigenvalue weighted by molar-refractivity contribution is 9.12. The molecule has 1 aromatic carbocycles. The van der Waals surface area contributed by atoms with Crippen molar-refractivity contribution < 1.29 is 13.5 Å². The second-order valence-corrected chi connectivity index (χ2v) is 8.65. The molecule has 0 aliphatic carbocycles. The van der Waals surface area contributed by atoms with E-state index < -0.39 is 19.1 Å². The van der Waals surface area contributed by atoms with Crippen LogP contribution in [0.15, 0.2) is 24.3 Å². The van der Waals surface area contributed by atoms with Gasteiger partial charge >= 0.3 is 0 Å². The third kappa shape index (κ3) is 2.68. The van der Waals surface area contributed by atoms with Gasteiger partial charge in [-0.25, -0.2) is 8.42 Å². The first-order chi connectivity index (χ1) is 7.16.